The molecule has 3 amide bonds. The molecule has 2 aromatic heterocycles. The van der Waals surface area contributed by atoms with Crippen LogP contribution in [0.25, 0.3) is 0 Å². The van der Waals surface area contributed by atoms with Gasteiger partial charge in [-0.3, -0.25) is 19.6 Å². The fourth-order valence-corrected chi connectivity index (χ4v) is 4.41. The topological polar surface area (TPSA) is 103 Å². The smallest absolute Gasteiger partial charge is 0.323 e. The fourth-order valence-electron chi connectivity index (χ4n) is 4.41. The Morgan fingerprint density at radius 2 is 1.80 bits per heavy atom. The molecule has 210 valence electrons. The molecule has 0 aliphatic carbocycles. The number of benzene rings is 2. The lowest BCUT2D eigenvalue weighted by atomic mass is 10.1. The summed E-state index contributed by atoms with van der Waals surface area (Å²) in [6.45, 7) is 4.02. The minimum absolute atomic E-state index is 0.136. The Hall–Kier alpha value is -5.00. The van der Waals surface area contributed by atoms with Gasteiger partial charge in [0.15, 0.2) is 0 Å². The molecule has 9 nitrogen and oxygen atoms in total. The second kappa shape index (κ2) is 10.9. The third-order valence-corrected chi connectivity index (χ3v) is 6.66. The molecule has 2 aromatic carbocycles. The van der Waals surface area contributed by atoms with Crippen LogP contribution in [-0.2, 0) is 19.1 Å². The van der Waals surface area contributed by atoms with Gasteiger partial charge in [-0.1, -0.05) is 19.1 Å². The summed E-state index contributed by atoms with van der Waals surface area (Å²) in [5.74, 6) is 0.0678. The van der Waals surface area contributed by atoms with E-state index in [2.05, 4.69) is 25.6 Å². The largest absolute Gasteiger partial charge is 0.416 e. The zero-order chi connectivity index (χ0) is 29.3. The molecule has 41 heavy (non-hydrogen) atoms. The molecule has 0 saturated heterocycles. The molecule has 0 spiro atoms. The second-order valence-electron chi connectivity index (χ2n) is 9.52. The average Bonchev–Trinajstić information content (AvgIpc) is 2.96. The normalized spacial score (nSPS) is 13.2. The number of carbonyl (C=O) groups excluding carboxylic acids is 2. The first-order valence-corrected chi connectivity index (χ1v) is 12.8. The van der Waals surface area contributed by atoms with Gasteiger partial charge in [-0.2, -0.15) is 18.2 Å². The molecule has 5 rings (SSSR count). The Labute approximate surface area is 234 Å². The zero-order valence-corrected chi connectivity index (χ0v) is 22.5. The van der Waals surface area contributed by atoms with Crippen molar-refractivity contribution in [2.24, 2.45) is 0 Å². The number of fused-ring (bicyclic) bond motifs is 1. The molecule has 1 aliphatic rings. The lowest BCUT2D eigenvalue weighted by Gasteiger charge is -2.35. The number of hydrogen-bond acceptors (Lipinski definition) is 6. The van der Waals surface area contributed by atoms with Crippen LogP contribution in [0.4, 0.5) is 46.8 Å². The first-order valence-electron chi connectivity index (χ1n) is 12.8. The van der Waals surface area contributed by atoms with E-state index in [0.717, 1.165) is 29.8 Å². The molecule has 0 saturated carbocycles. The van der Waals surface area contributed by atoms with Gasteiger partial charge < -0.3 is 10.6 Å². The highest BCUT2D eigenvalue weighted by molar-refractivity contribution is 6.07. The van der Waals surface area contributed by atoms with Crippen molar-refractivity contribution < 1.29 is 22.8 Å². The van der Waals surface area contributed by atoms with E-state index in [9.17, 15) is 22.8 Å². The molecule has 0 radical (unpaired) electrons. The van der Waals surface area contributed by atoms with Crippen LogP contribution in [0.15, 0.2) is 67.0 Å². The lowest BCUT2D eigenvalue weighted by molar-refractivity contribution is -0.137. The number of aryl methyl sites for hydroxylation is 2. The molecule has 0 unspecified atom stereocenters. The average molecular weight is 562 g/mol. The Morgan fingerprint density at radius 1 is 1.02 bits per heavy atom. The van der Waals surface area contributed by atoms with Crippen LogP contribution < -0.4 is 20.4 Å². The SMILES string of the molecule is CCc1ccc(Nc2ncc3c(n2)N(C)C(=O)N(c2cc(NC(=O)c4cccc(C(F)(F)F)c4)ccc2C)C3)cn1. The van der Waals surface area contributed by atoms with E-state index in [-0.39, 0.29) is 18.1 Å². The quantitative estimate of drug-likeness (QED) is 0.285. The van der Waals surface area contributed by atoms with Crippen LogP contribution in [-0.4, -0.2) is 33.9 Å². The van der Waals surface area contributed by atoms with Gasteiger partial charge in [0, 0.05) is 35.8 Å². The van der Waals surface area contributed by atoms with Gasteiger partial charge >= 0.3 is 12.2 Å². The molecule has 3 heterocycles. The molecule has 12 heteroatoms. The fraction of sp³-hybridized carbons (Fsp3) is 0.207. The van der Waals surface area contributed by atoms with Crippen molar-refractivity contribution in [2.45, 2.75) is 33.0 Å². The van der Waals surface area contributed by atoms with E-state index in [4.69, 9.17) is 0 Å². The predicted octanol–water partition coefficient (Wildman–Crippen LogP) is 6.33. The maximum Gasteiger partial charge on any atom is 0.416 e. The maximum atomic E-state index is 13.4. The minimum Gasteiger partial charge on any atom is -0.323 e. The number of carbonyl (C=O) groups is 2. The Balaban J connectivity index is 1.36. The summed E-state index contributed by atoms with van der Waals surface area (Å²) in [5, 5.41) is 5.74. The van der Waals surface area contributed by atoms with Crippen molar-refractivity contribution in [3.05, 3.63) is 94.9 Å². The van der Waals surface area contributed by atoms with Crippen molar-refractivity contribution in [1.29, 1.82) is 0 Å². The Bertz CT molecular complexity index is 1620. The number of amides is 3. The van der Waals surface area contributed by atoms with E-state index in [0.29, 0.717) is 34.4 Å². The molecule has 4 aromatic rings. The van der Waals surface area contributed by atoms with Gasteiger partial charge in [0.2, 0.25) is 5.95 Å². The predicted molar refractivity (Wildman–Crippen MR) is 149 cm³/mol. The highest BCUT2D eigenvalue weighted by Crippen LogP contribution is 2.34. The summed E-state index contributed by atoms with van der Waals surface area (Å²) in [6, 6.07) is 12.6. The van der Waals surface area contributed by atoms with Crippen molar-refractivity contribution in [3.63, 3.8) is 0 Å². The number of nitrogens with zero attached hydrogens (tertiary/aromatic N) is 5. The molecular formula is C29H26F3N7O2. The van der Waals surface area contributed by atoms with Crippen LogP contribution in [0.1, 0.15) is 39.7 Å². The standard InChI is InChI=1S/C29H26F3N7O2/c1-4-21-10-11-23(15-33-21)36-27-34-14-19-16-39(28(41)38(3)25(19)37-27)24-13-22(9-8-17(24)2)35-26(40)18-6-5-7-20(12-18)29(30,31)32/h5-15H,4,16H2,1-3H3,(H,35,40)(H,34,36,37). The van der Waals surface area contributed by atoms with Crippen LogP contribution in [0.2, 0.25) is 0 Å². The van der Waals surface area contributed by atoms with Gasteiger partial charge in [-0.05, 0) is 61.4 Å². The maximum absolute atomic E-state index is 13.4. The summed E-state index contributed by atoms with van der Waals surface area (Å²) in [5.41, 5.74) is 2.94. The number of hydrogen-bond donors (Lipinski definition) is 2. The summed E-state index contributed by atoms with van der Waals surface area (Å²) in [4.78, 5) is 42.4. The minimum atomic E-state index is -4.57. The van der Waals surface area contributed by atoms with Crippen LogP contribution >= 0.6 is 0 Å². The van der Waals surface area contributed by atoms with Crippen molar-refractivity contribution in [1.82, 2.24) is 15.0 Å². The van der Waals surface area contributed by atoms with E-state index in [1.54, 1.807) is 37.6 Å². The van der Waals surface area contributed by atoms with Gasteiger partial charge in [-0.15, -0.1) is 0 Å². The number of pyridine rings is 1. The van der Waals surface area contributed by atoms with E-state index in [1.807, 2.05) is 26.0 Å². The Morgan fingerprint density at radius 3 is 2.51 bits per heavy atom. The van der Waals surface area contributed by atoms with Gasteiger partial charge in [-0.25, -0.2) is 9.78 Å². The third kappa shape index (κ3) is 5.81. The first-order chi connectivity index (χ1) is 19.5. The van der Waals surface area contributed by atoms with Crippen LogP contribution in [0.3, 0.4) is 0 Å². The van der Waals surface area contributed by atoms with Crippen LogP contribution in [0.5, 0.6) is 0 Å². The van der Waals surface area contributed by atoms with Crippen molar-refractivity contribution in [3.8, 4) is 0 Å². The molecule has 1 aliphatic heterocycles. The highest BCUT2D eigenvalue weighted by Gasteiger charge is 2.32. The summed E-state index contributed by atoms with van der Waals surface area (Å²) in [7, 11) is 1.61. The van der Waals surface area contributed by atoms with E-state index >= 15 is 0 Å². The van der Waals surface area contributed by atoms with Crippen molar-refractivity contribution in [2.75, 3.05) is 27.5 Å². The number of halogens is 3. The lowest BCUT2D eigenvalue weighted by Crippen LogP contribution is -2.46. The number of rotatable bonds is 6. The molecular weight excluding hydrogens is 535 g/mol. The molecule has 0 bridgehead atoms. The van der Waals surface area contributed by atoms with Crippen molar-refractivity contribution >= 4 is 40.8 Å². The highest BCUT2D eigenvalue weighted by atomic mass is 19.4. The Kier molecular flexibility index (Phi) is 7.31. The summed E-state index contributed by atoms with van der Waals surface area (Å²) < 4.78 is 39.3. The molecule has 2 N–H and O–H groups in total. The number of urea groups is 1. The summed E-state index contributed by atoms with van der Waals surface area (Å²) in [6.07, 6.45) is -0.408. The zero-order valence-electron chi connectivity index (χ0n) is 22.5. The number of nitrogens with one attached hydrogen (secondary N) is 2. The third-order valence-electron chi connectivity index (χ3n) is 6.66. The number of alkyl halides is 3. The molecule has 0 atom stereocenters. The summed E-state index contributed by atoms with van der Waals surface area (Å²) >= 11 is 0. The van der Waals surface area contributed by atoms with Gasteiger partial charge in [0.1, 0.15) is 5.82 Å². The number of anilines is 5. The van der Waals surface area contributed by atoms with Gasteiger partial charge in [0.05, 0.1) is 29.7 Å². The second-order valence-corrected chi connectivity index (χ2v) is 9.52. The molecule has 0 fully saturated rings. The first kappa shape index (κ1) is 27.6. The van der Waals surface area contributed by atoms with Gasteiger partial charge in [0.25, 0.3) is 5.91 Å². The van der Waals surface area contributed by atoms with E-state index < -0.39 is 17.6 Å². The van der Waals surface area contributed by atoms with Crippen LogP contribution in [0, 0.1) is 6.92 Å². The monoisotopic (exact) mass is 561 g/mol. The van der Waals surface area contributed by atoms with E-state index in [1.165, 1.54) is 21.9 Å². The number of aromatic nitrogens is 3.